The molecule has 1 aliphatic carbocycles. The number of anilines is 1. The van der Waals surface area contributed by atoms with Crippen LogP contribution in [0.15, 0.2) is 97.1 Å². The fourth-order valence-corrected chi connectivity index (χ4v) is 6.71. The van der Waals surface area contributed by atoms with Gasteiger partial charge in [-0.2, -0.15) is 0 Å². The van der Waals surface area contributed by atoms with Crippen molar-refractivity contribution in [2.24, 2.45) is 11.3 Å². The number of benzene rings is 4. The summed E-state index contributed by atoms with van der Waals surface area (Å²) >= 11 is 0. The number of aryl methyl sites for hydroxylation is 2. The first-order valence-corrected chi connectivity index (χ1v) is 18.4. The van der Waals surface area contributed by atoms with Crippen LogP contribution >= 0.6 is 0 Å². The Bertz CT molecular complexity index is 1910. The van der Waals surface area contributed by atoms with Crippen LogP contribution < -0.4 is 5.32 Å². The van der Waals surface area contributed by atoms with Crippen molar-refractivity contribution in [2.75, 3.05) is 5.32 Å². The maximum absolute atomic E-state index is 14.0. The van der Waals surface area contributed by atoms with Crippen molar-refractivity contribution in [1.82, 2.24) is 0 Å². The van der Waals surface area contributed by atoms with E-state index in [0.29, 0.717) is 24.2 Å². The van der Waals surface area contributed by atoms with Gasteiger partial charge in [0.2, 0.25) is 5.91 Å². The number of allylic oxidation sites excluding steroid dienone is 2. The van der Waals surface area contributed by atoms with E-state index in [1.54, 1.807) is 0 Å². The topological polar surface area (TPSA) is 97.4 Å². The first-order chi connectivity index (χ1) is 23.7. The van der Waals surface area contributed by atoms with E-state index < -0.39 is 10.6 Å². The first-order valence-electron chi connectivity index (χ1n) is 17.4. The summed E-state index contributed by atoms with van der Waals surface area (Å²) in [6.45, 7) is 13.3. The molecule has 0 radical (unpaired) electrons. The van der Waals surface area contributed by atoms with Gasteiger partial charge in [-0.1, -0.05) is 118 Å². The van der Waals surface area contributed by atoms with Crippen molar-refractivity contribution in [3.63, 3.8) is 0 Å². The second-order valence-electron chi connectivity index (χ2n) is 14.4. The maximum Gasteiger partial charge on any atom is 0.425 e. The van der Waals surface area contributed by atoms with Gasteiger partial charge < -0.3 is 5.32 Å². The standard InChI is InChI=1S/C43H49NO2.O3S/c1-7-8-41(45)36-12-10-31(11-13-36)28-40(35-16-14-32(15-17-35)33-18-22-37(23-19-33)43(4,5)6)42(46)44-38-24-20-34(21-25-38)39-26-9-29(2)27-30(39)3;1-4(2)3/h9-18,20-21,24-27,37,40H,7-8,19,22-23,28H2,1-6H3,(H,44,46);/t37-,40+;/m1./s1. The van der Waals surface area contributed by atoms with Crippen molar-refractivity contribution in [3.8, 4) is 11.1 Å². The smallest absolute Gasteiger partial charge is 0.326 e. The highest BCUT2D eigenvalue weighted by molar-refractivity contribution is 7.59. The summed E-state index contributed by atoms with van der Waals surface area (Å²) in [5, 5.41) is 3.20. The molecule has 0 bridgehead atoms. The summed E-state index contributed by atoms with van der Waals surface area (Å²) in [7, 11) is -3.11. The zero-order chi connectivity index (χ0) is 36.4. The minimum absolute atomic E-state index is 0.0388. The van der Waals surface area contributed by atoms with Crippen LogP contribution in [0.1, 0.15) is 104 Å². The molecule has 1 aliphatic rings. The van der Waals surface area contributed by atoms with Gasteiger partial charge in [0.1, 0.15) is 0 Å². The van der Waals surface area contributed by atoms with Crippen LogP contribution in [0.4, 0.5) is 5.69 Å². The largest absolute Gasteiger partial charge is 0.425 e. The van der Waals surface area contributed by atoms with Gasteiger partial charge in [0.05, 0.1) is 5.92 Å². The molecule has 262 valence electrons. The number of hydrogen-bond donors (Lipinski definition) is 1. The Kier molecular flexibility index (Phi) is 13.3. The molecule has 4 aromatic rings. The van der Waals surface area contributed by atoms with E-state index in [4.69, 9.17) is 12.6 Å². The average Bonchev–Trinajstić information content (AvgIpc) is 3.07. The van der Waals surface area contributed by atoms with E-state index in [9.17, 15) is 9.59 Å². The molecule has 1 N–H and O–H groups in total. The van der Waals surface area contributed by atoms with Gasteiger partial charge in [0.25, 0.3) is 0 Å². The van der Waals surface area contributed by atoms with E-state index in [-0.39, 0.29) is 17.6 Å². The van der Waals surface area contributed by atoms with Gasteiger partial charge in [-0.15, -0.1) is 12.6 Å². The first kappa shape index (κ1) is 38.2. The second kappa shape index (κ2) is 17.3. The summed E-state index contributed by atoms with van der Waals surface area (Å²) in [5.41, 5.74) is 11.3. The summed E-state index contributed by atoms with van der Waals surface area (Å²) in [6, 6.07) is 31.0. The molecule has 5 rings (SSSR count). The van der Waals surface area contributed by atoms with Gasteiger partial charge in [0.15, 0.2) is 5.78 Å². The Morgan fingerprint density at radius 3 is 2.00 bits per heavy atom. The average molecular weight is 692 g/mol. The minimum atomic E-state index is -3.11. The Morgan fingerprint density at radius 2 is 1.46 bits per heavy atom. The van der Waals surface area contributed by atoms with Gasteiger partial charge in [0, 0.05) is 17.7 Å². The number of Topliss-reactive ketones (excluding diaryl/α,β-unsaturated/α-hetero) is 1. The van der Waals surface area contributed by atoms with Crippen LogP contribution in [-0.4, -0.2) is 24.3 Å². The molecule has 7 heteroatoms. The van der Waals surface area contributed by atoms with Crippen LogP contribution in [0.5, 0.6) is 0 Å². The Morgan fingerprint density at radius 1 is 0.840 bits per heavy atom. The molecule has 0 saturated heterocycles. The van der Waals surface area contributed by atoms with Crippen LogP contribution in [0.2, 0.25) is 0 Å². The third-order valence-electron chi connectivity index (χ3n) is 9.67. The number of nitrogens with one attached hydrogen (secondary N) is 1. The number of hydrogen-bond acceptors (Lipinski definition) is 5. The van der Waals surface area contributed by atoms with Crippen LogP contribution in [0, 0.1) is 25.2 Å². The fraction of sp³-hybridized carbons (Fsp3) is 0.349. The third kappa shape index (κ3) is 10.7. The van der Waals surface area contributed by atoms with E-state index >= 15 is 0 Å². The fourth-order valence-electron chi connectivity index (χ4n) is 6.71. The van der Waals surface area contributed by atoms with Crippen LogP contribution in [-0.2, 0) is 21.8 Å². The number of amides is 1. The summed E-state index contributed by atoms with van der Waals surface area (Å²) in [4.78, 5) is 26.4. The second-order valence-corrected chi connectivity index (χ2v) is 14.8. The van der Waals surface area contributed by atoms with Crippen LogP contribution in [0.25, 0.3) is 16.7 Å². The van der Waals surface area contributed by atoms with Gasteiger partial charge in [-0.05, 0) is 108 Å². The molecule has 2 atom stereocenters. The molecule has 0 aromatic heterocycles. The highest BCUT2D eigenvalue weighted by atomic mass is 32.2. The highest BCUT2D eigenvalue weighted by Crippen LogP contribution is 2.40. The van der Waals surface area contributed by atoms with Gasteiger partial charge in [-0.3, -0.25) is 9.59 Å². The van der Waals surface area contributed by atoms with Crippen molar-refractivity contribution in [3.05, 3.63) is 130 Å². The third-order valence-corrected chi connectivity index (χ3v) is 9.67. The Balaban J connectivity index is 0.00000133. The Labute approximate surface area is 299 Å². The van der Waals surface area contributed by atoms with Gasteiger partial charge >= 0.3 is 10.6 Å². The SMILES string of the molecule is CCCC(=O)c1ccc(C[C@H](C(=O)Nc2ccc(-c3ccc(C)cc3C)cc2)c2ccc(C3=CC[C@@H](C(C)(C)C)CC3)cc2)cc1.O=S(=O)=O. The highest BCUT2D eigenvalue weighted by Gasteiger charge is 2.27. The van der Waals surface area contributed by atoms with Crippen LogP contribution in [0.3, 0.4) is 0 Å². The van der Waals surface area contributed by atoms with E-state index in [1.807, 2.05) is 43.3 Å². The summed E-state index contributed by atoms with van der Waals surface area (Å²) < 4.78 is 25.3. The lowest BCUT2D eigenvalue weighted by Crippen LogP contribution is -2.23. The summed E-state index contributed by atoms with van der Waals surface area (Å²) in [5.74, 6) is 0.454. The normalized spacial score (nSPS) is 14.8. The lowest BCUT2D eigenvalue weighted by Gasteiger charge is -2.33. The van der Waals surface area contributed by atoms with Crippen molar-refractivity contribution in [2.45, 2.75) is 86.0 Å². The Hall–Kier alpha value is -4.62. The molecule has 0 saturated carbocycles. The molecule has 4 aromatic carbocycles. The predicted octanol–water partition coefficient (Wildman–Crippen LogP) is 10.1. The number of carbonyl (C=O) groups is 2. The minimum Gasteiger partial charge on any atom is -0.326 e. The zero-order valence-corrected chi connectivity index (χ0v) is 30.9. The number of rotatable bonds is 10. The molecule has 0 unspecified atom stereocenters. The molecule has 0 aliphatic heterocycles. The maximum atomic E-state index is 14.0. The molecule has 0 spiro atoms. The van der Waals surface area contributed by atoms with Gasteiger partial charge in [-0.25, -0.2) is 0 Å². The van der Waals surface area contributed by atoms with E-state index in [2.05, 4.69) is 101 Å². The van der Waals surface area contributed by atoms with Crippen molar-refractivity contribution in [1.29, 1.82) is 0 Å². The predicted molar refractivity (Wildman–Crippen MR) is 203 cm³/mol. The molecule has 1 amide bonds. The number of ketones is 1. The molecule has 0 fully saturated rings. The van der Waals surface area contributed by atoms with Crippen molar-refractivity contribution >= 4 is 33.6 Å². The molecular weight excluding hydrogens is 643 g/mol. The summed E-state index contributed by atoms with van der Waals surface area (Å²) in [6.07, 6.45) is 7.76. The molecule has 50 heavy (non-hydrogen) atoms. The zero-order valence-electron chi connectivity index (χ0n) is 30.1. The van der Waals surface area contributed by atoms with E-state index in [1.165, 1.54) is 34.2 Å². The lowest BCUT2D eigenvalue weighted by atomic mass is 9.72. The quantitative estimate of drug-likeness (QED) is 0.167. The monoisotopic (exact) mass is 691 g/mol. The lowest BCUT2D eigenvalue weighted by molar-refractivity contribution is -0.117. The molecule has 0 heterocycles. The molecular formula is C43H49NO5S. The van der Waals surface area contributed by atoms with E-state index in [0.717, 1.165) is 47.2 Å². The number of carbonyl (C=O) groups excluding carboxylic acids is 2. The molecule has 6 nitrogen and oxygen atoms in total. The van der Waals surface area contributed by atoms with Crippen molar-refractivity contribution < 1.29 is 22.2 Å².